The molecule has 4 N–H and O–H groups in total. The molecule has 0 spiro atoms. The Bertz CT molecular complexity index is 1090. The molecule has 0 radical (unpaired) electrons. The molecular formula is C23H24N4O4. The van der Waals surface area contributed by atoms with Crippen LogP contribution in [0.15, 0.2) is 36.4 Å². The zero-order chi connectivity index (χ0) is 22.0. The Morgan fingerprint density at radius 1 is 1.39 bits per heavy atom. The molecule has 3 heterocycles. The zero-order valence-corrected chi connectivity index (χ0v) is 17.2. The number of likely N-dealkylation sites (N-methyl/N-ethyl adjacent to an activating group) is 1. The second kappa shape index (κ2) is 8.38. The minimum atomic E-state index is -1.41. The summed E-state index contributed by atoms with van der Waals surface area (Å²) in [7, 11) is 1.67. The fourth-order valence-corrected chi connectivity index (χ4v) is 3.57. The lowest BCUT2D eigenvalue weighted by Crippen LogP contribution is -2.40. The number of hydrogen-bond donors (Lipinski definition) is 3. The van der Waals surface area contributed by atoms with Crippen molar-refractivity contribution in [3.63, 3.8) is 0 Å². The van der Waals surface area contributed by atoms with Crippen molar-refractivity contribution in [3.8, 4) is 23.1 Å². The van der Waals surface area contributed by atoms with Gasteiger partial charge in [0, 0.05) is 43.2 Å². The van der Waals surface area contributed by atoms with Gasteiger partial charge < -0.3 is 25.8 Å². The summed E-state index contributed by atoms with van der Waals surface area (Å²) >= 11 is 0. The Hall–Kier alpha value is -3.41. The predicted octanol–water partition coefficient (Wildman–Crippen LogP) is 0.993. The molecular weight excluding hydrogens is 396 g/mol. The van der Waals surface area contributed by atoms with Crippen LogP contribution in [0, 0.1) is 11.8 Å². The average Bonchev–Trinajstić information content (AvgIpc) is 2.98. The summed E-state index contributed by atoms with van der Waals surface area (Å²) in [5.74, 6) is 5.04. The molecule has 160 valence electrons. The van der Waals surface area contributed by atoms with Crippen molar-refractivity contribution in [3.05, 3.63) is 47.7 Å². The van der Waals surface area contributed by atoms with Crippen LogP contribution < -0.4 is 11.1 Å². The first kappa shape index (κ1) is 20.8. The summed E-state index contributed by atoms with van der Waals surface area (Å²) in [5, 5.41) is 13.8. The van der Waals surface area contributed by atoms with Gasteiger partial charge in [-0.3, -0.25) is 9.59 Å². The summed E-state index contributed by atoms with van der Waals surface area (Å²) in [5.41, 5.74) is 7.05. The quantitative estimate of drug-likeness (QED) is 0.621. The highest BCUT2D eigenvalue weighted by Crippen LogP contribution is 2.26. The van der Waals surface area contributed by atoms with E-state index in [1.165, 1.54) is 4.90 Å². The third-order valence-corrected chi connectivity index (χ3v) is 5.46. The summed E-state index contributed by atoms with van der Waals surface area (Å²) in [6.07, 6.45) is 0.454. The maximum Gasteiger partial charge on any atom is 0.267 e. The fourth-order valence-electron chi connectivity index (χ4n) is 3.57. The second-order valence-corrected chi connectivity index (χ2v) is 7.94. The Labute approximate surface area is 180 Å². The van der Waals surface area contributed by atoms with Gasteiger partial charge >= 0.3 is 0 Å². The second-order valence-electron chi connectivity index (χ2n) is 7.94. The van der Waals surface area contributed by atoms with Crippen LogP contribution in [0.25, 0.3) is 11.3 Å². The summed E-state index contributed by atoms with van der Waals surface area (Å²) < 4.78 is 5.18. The Morgan fingerprint density at radius 3 is 2.84 bits per heavy atom. The van der Waals surface area contributed by atoms with Crippen LogP contribution in [0.5, 0.6) is 0 Å². The summed E-state index contributed by atoms with van der Waals surface area (Å²) in [6.45, 7) is 1.75. The van der Waals surface area contributed by atoms with Crippen molar-refractivity contribution in [1.82, 2.24) is 9.88 Å². The van der Waals surface area contributed by atoms with E-state index in [0.29, 0.717) is 37.4 Å². The van der Waals surface area contributed by atoms with Crippen LogP contribution in [0.2, 0.25) is 0 Å². The molecule has 0 saturated carbocycles. The maximum absolute atomic E-state index is 12.1. The van der Waals surface area contributed by atoms with Crippen molar-refractivity contribution in [1.29, 1.82) is 0 Å². The molecule has 2 amide bonds. The molecule has 1 atom stereocenters. The molecule has 2 aliphatic heterocycles. The van der Waals surface area contributed by atoms with Crippen LogP contribution in [0.4, 0.5) is 5.69 Å². The third kappa shape index (κ3) is 4.53. The van der Waals surface area contributed by atoms with Crippen molar-refractivity contribution in [2.24, 2.45) is 5.73 Å². The minimum absolute atomic E-state index is 0.0767. The molecule has 2 aromatic rings. The van der Waals surface area contributed by atoms with E-state index in [0.717, 1.165) is 11.3 Å². The smallest absolute Gasteiger partial charge is 0.267 e. The first-order valence-corrected chi connectivity index (χ1v) is 10.1. The molecule has 1 aromatic carbocycles. The topological polar surface area (TPSA) is 118 Å². The molecule has 8 heteroatoms. The number of nitrogens with one attached hydrogen (secondary N) is 1. The summed E-state index contributed by atoms with van der Waals surface area (Å²) in [4.78, 5) is 29.7. The van der Waals surface area contributed by atoms with Gasteiger partial charge in [-0.25, -0.2) is 4.98 Å². The molecule has 2 saturated heterocycles. The lowest BCUT2D eigenvalue weighted by Gasteiger charge is -2.28. The predicted molar refractivity (Wildman–Crippen MR) is 115 cm³/mol. The Balaban J connectivity index is 1.57. The number of benzene rings is 1. The minimum Gasteiger partial charge on any atom is -0.379 e. The number of aliphatic hydroxyl groups is 1. The van der Waals surface area contributed by atoms with Gasteiger partial charge in [0.25, 0.3) is 11.8 Å². The number of amides is 2. The van der Waals surface area contributed by atoms with E-state index in [-0.39, 0.29) is 24.1 Å². The number of carbonyl (C=O) groups is 2. The summed E-state index contributed by atoms with van der Waals surface area (Å²) in [6, 6.07) is 11.1. The number of carbonyl (C=O) groups excluding carboxylic acids is 2. The molecule has 1 aromatic heterocycles. The van der Waals surface area contributed by atoms with Crippen LogP contribution in [0.3, 0.4) is 0 Å². The van der Waals surface area contributed by atoms with Crippen LogP contribution in [0.1, 0.15) is 28.9 Å². The number of nitrogens with two attached hydrogens (primary N) is 1. The molecule has 2 fully saturated rings. The van der Waals surface area contributed by atoms with E-state index in [2.05, 4.69) is 22.1 Å². The standard InChI is InChI=1S/C23H24N4O4/c1-27-9-8-23(30,22(27)29)7-3-5-15-4-2-6-16(10-15)19-11-17(25-18-13-31-14-18)12-20(26-19)21(24)28/h2,4,6,10-12,18,30H,7-9,13-14H2,1H3,(H2,24,28)(H,25,26). The van der Waals surface area contributed by atoms with E-state index in [1.807, 2.05) is 30.3 Å². The molecule has 0 aliphatic carbocycles. The molecule has 31 heavy (non-hydrogen) atoms. The fraction of sp³-hybridized carbons (Fsp3) is 0.348. The lowest BCUT2D eigenvalue weighted by atomic mass is 9.98. The van der Waals surface area contributed by atoms with Gasteiger partial charge in [-0.15, -0.1) is 0 Å². The number of likely N-dealkylation sites (tertiary alicyclic amines) is 1. The number of nitrogens with zero attached hydrogens (tertiary/aromatic N) is 2. The van der Waals surface area contributed by atoms with Crippen LogP contribution in [-0.2, 0) is 9.53 Å². The normalized spacial score (nSPS) is 20.7. The van der Waals surface area contributed by atoms with Crippen LogP contribution >= 0.6 is 0 Å². The molecule has 2 aliphatic rings. The monoisotopic (exact) mass is 420 g/mol. The van der Waals surface area contributed by atoms with E-state index in [9.17, 15) is 14.7 Å². The molecule has 4 rings (SSSR count). The number of rotatable bonds is 5. The number of primary amides is 1. The van der Waals surface area contributed by atoms with E-state index in [1.54, 1.807) is 13.1 Å². The van der Waals surface area contributed by atoms with Gasteiger partial charge in [0.1, 0.15) is 5.69 Å². The van der Waals surface area contributed by atoms with Gasteiger partial charge in [-0.1, -0.05) is 24.0 Å². The van der Waals surface area contributed by atoms with Gasteiger partial charge in [0.05, 0.1) is 24.9 Å². The number of hydrogen-bond acceptors (Lipinski definition) is 6. The highest BCUT2D eigenvalue weighted by molar-refractivity contribution is 5.92. The zero-order valence-electron chi connectivity index (χ0n) is 17.2. The Morgan fingerprint density at radius 2 is 2.19 bits per heavy atom. The first-order valence-electron chi connectivity index (χ1n) is 10.1. The van der Waals surface area contributed by atoms with Gasteiger partial charge in [0.2, 0.25) is 0 Å². The van der Waals surface area contributed by atoms with Crippen molar-refractivity contribution >= 4 is 17.5 Å². The highest BCUT2D eigenvalue weighted by atomic mass is 16.5. The SMILES string of the molecule is CN1CCC(O)(CC#Cc2cccc(-c3cc(NC4COC4)cc(C(N)=O)n3)c2)C1=O. The van der Waals surface area contributed by atoms with Crippen molar-refractivity contribution in [2.45, 2.75) is 24.5 Å². The largest absolute Gasteiger partial charge is 0.379 e. The lowest BCUT2D eigenvalue weighted by molar-refractivity contribution is -0.141. The number of pyridine rings is 1. The maximum atomic E-state index is 12.1. The Kier molecular flexibility index (Phi) is 5.63. The van der Waals surface area contributed by atoms with E-state index >= 15 is 0 Å². The number of ether oxygens (including phenoxy) is 1. The van der Waals surface area contributed by atoms with Crippen molar-refractivity contribution < 1.29 is 19.4 Å². The van der Waals surface area contributed by atoms with Gasteiger partial charge in [-0.05, 0) is 24.3 Å². The molecule has 8 nitrogen and oxygen atoms in total. The molecule has 0 bridgehead atoms. The van der Waals surface area contributed by atoms with E-state index < -0.39 is 11.5 Å². The number of anilines is 1. The van der Waals surface area contributed by atoms with Gasteiger partial charge in [0.15, 0.2) is 5.60 Å². The third-order valence-electron chi connectivity index (χ3n) is 5.46. The first-order chi connectivity index (χ1) is 14.8. The van der Waals surface area contributed by atoms with Crippen molar-refractivity contribution in [2.75, 3.05) is 32.1 Å². The molecule has 1 unspecified atom stereocenters. The average molecular weight is 420 g/mol. The van der Waals surface area contributed by atoms with E-state index in [4.69, 9.17) is 10.5 Å². The van der Waals surface area contributed by atoms with Gasteiger partial charge in [-0.2, -0.15) is 0 Å². The van der Waals surface area contributed by atoms with Crippen LogP contribution in [-0.4, -0.2) is 65.3 Å². The number of aromatic nitrogens is 1. The highest BCUT2D eigenvalue weighted by Gasteiger charge is 2.42.